The first kappa shape index (κ1) is 8.49. The minimum Gasteiger partial charge on any atom is -0.433 e. The van der Waals surface area contributed by atoms with Gasteiger partial charge < -0.3 is 14.6 Å². The summed E-state index contributed by atoms with van der Waals surface area (Å²) in [6.45, 7) is 2.18. The monoisotopic (exact) mass is 160 g/mol. The molecule has 0 radical (unpaired) electrons. The van der Waals surface area contributed by atoms with Crippen LogP contribution in [-0.4, -0.2) is 30.1 Å². The van der Waals surface area contributed by atoms with Crippen LogP contribution in [0.15, 0.2) is 0 Å². The molecular weight excluding hydrogens is 148 g/mol. The molecule has 1 heterocycles. The van der Waals surface area contributed by atoms with E-state index in [4.69, 9.17) is 9.47 Å². The van der Waals surface area contributed by atoms with E-state index in [-0.39, 0.29) is 0 Å². The minimum atomic E-state index is -1.27. The Hall–Kier alpha value is -0.610. The molecular formula is C7H12O4. The Morgan fingerprint density at radius 1 is 1.55 bits per heavy atom. The molecule has 0 aromatic heterocycles. The predicted octanol–water partition coefficient (Wildman–Crippen LogP) is 0.0485. The van der Waals surface area contributed by atoms with E-state index in [2.05, 4.69) is 0 Å². The van der Waals surface area contributed by atoms with E-state index in [1.807, 2.05) is 0 Å². The lowest BCUT2D eigenvalue weighted by atomic mass is 10.1. The lowest BCUT2D eigenvalue weighted by Gasteiger charge is -2.30. The van der Waals surface area contributed by atoms with E-state index < -0.39 is 11.8 Å². The van der Waals surface area contributed by atoms with Crippen LogP contribution in [-0.2, 0) is 14.3 Å². The van der Waals surface area contributed by atoms with Gasteiger partial charge in [-0.1, -0.05) is 0 Å². The Balaban J connectivity index is 2.43. The fraction of sp³-hybridized carbons (Fsp3) is 0.857. The van der Waals surface area contributed by atoms with Crippen molar-refractivity contribution in [3.8, 4) is 0 Å². The molecule has 0 aromatic carbocycles. The minimum absolute atomic E-state index is 0.368. The van der Waals surface area contributed by atoms with Gasteiger partial charge in [-0.3, -0.25) is 4.79 Å². The Morgan fingerprint density at radius 3 is 2.55 bits per heavy atom. The summed E-state index contributed by atoms with van der Waals surface area (Å²) in [5, 5.41) is 9.52. The molecule has 0 bridgehead atoms. The summed E-state index contributed by atoms with van der Waals surface area (Å²) in [7, 11) is 0. The van der Waals surface area contributed by atoms with Gasteiger partial charge in [-0.25, -0.2) is 0 Å². The molecule has 0 atom stereocenters. The topological polar surface area (TPSA) is 55.8 Å². The molecule has 1 aliphatic rings. The molecule has 1 fully saturated rings. The lowest BCUT2D eigenvalue weighted by molar-refractivity contribution is -0.232. The van der Waals surface area contributed by atoms with E-state index in [1.165, 1.54) is 6.92 Å². The maximum Gasteiger partial charge on any atom is 0.305 e. The molecule has 64 valence electrons. The van der Waals surface area contributed by atoms with E-state index in [0.717, 1.165) is 0 Å². The fourth-order valence-electron chi connectivity index (χ4n) is 1.06. The normalized spacial score (nSPS) is 22.7. The van der Waals surface area contributed by atoms with E-state index in [9.17, 15) is 9.90 Å². The smallest absolute Gasteiger partial charge is 0.305 e. The SMILES string of the molecule is CC(=O)OC1(O)CCOCC1. The third-order valence-corrected chi connectivity index (χ3v) is 1.61. The summed E-state index contributed by atoms with van der Waals surface area (Å²) in [5.74, 6) is -1.72. The quantitative estimate of drug-likeness (QED) is 0.435. The first-order valence-corrected chi connectivity index (χ1v) is 3.62. The number of esters is 1. The molecule has 11 heavy (non-hydrogen) atoms. The van der Waals surface area contributed by atoms with Gasteiger partial charge in [0.25, 0.3) is 0 Å². The fourth-order valence-corrected chi connectivity index (χ4v) is 1.06. The number of hydrogen-bond acceptors (Lipinski definition) is 4. The third-order valence-electron chi connectivity index (χ3n) is 1.61. The second kappa shape index (κ2) is 3.19. The van der Waals surface area contributed by atoms with Gasteiger partial charge in [-0.2, -0.15) is 0 Å². The van der Waals surface area contributed by atoms with E-state index in [1.54, 1.807) is 0 Å². The zero-order chi connectivity index (χ0) is 8.32. The molecule has 1 rings (SSSR count). The first-order chi connectivity index (χ1) is 5.12. The first-order valence-electron chi connectivity index (χ1n) is 3.62. The third kappa shape index (κ3) is 2.48. The number of hydrogen-bond donors (Lipinski definition) is 1. The van der Waals surface area contributed by atoms with Crippen LogP contribution in [0.5, 0.6) is 0 Å². The van der Waals surface area contributed by atoms with Gasteiger partial charge in [0.05, 0.1) is 13.2 Å². The van der Waals surface area contributed by atoms with Gasteiger partial charge in [0, 0.05) is 19.8 Å². The summed E-state index contributed by atoms with van der Waals surface area (Å²) < 4.78 is 9.71. The highest BCUT2D eigenvalue weighted by Crippen LogP contribution is 2.21. The molecule has 4 heteroatoms. The van der Waals surface area contributed by atoms with Gasteiger partial charge in [0.2, 0.25) is 5.79 Å². The second-order valence-corrected chi connectivity index (χ2v) is 2.65. The molecule has 1 N–H and O–H groups in total. The number of carbonyl (C=O) groups excluding carboxylic acids is 1. The van der Waals surface area contributed by atoms with Crippen molar-refractivity contribution in [2.45, 2.75) is 25.6 Å². The van der Waals surface area contributed by atoms with Crippen LogP contribution in [0, 0.1) is 0 Å². The summed E-state index contributed by atoms with van der Waals surface area (Å²) in [6, 6.07) is 0. The molecule has 1 saturated heterocycles. The van der Waals surface area contributed by atoms with Crippen LogP contribution in [0.4, 0.5) is 0 Å². The van der Waals surface area contributed by atoms with Gasteiger partial charge in [-0.05, 0) is 0 Å². The van der Waals surface area contributed by atoms with Gasteiger partial charge in [0.1, 0.15) is 0 Å². The van der Waals surface area contributed by atoms with E-state index >= 15 is 0 Å². The molecule has 0 aromatic rings. The zero-order valence-corrected chi connectivity index (χ0v) is 6.50. The summed E-state index contributed by atoms with van der Waals surface area (Å²) in [6.07, 6.45) is 0.735. The van der Waals surface area contributed by atoms with Crippen molar-refractivity contribution in [2.24, 2.45) is 0 Å². The van der Waals surface area contributed by atoms with E-state index in [0.29, 0.717) is 26.1 Å². The maximum absolute atomic E-state index is 10.5. The van der Waals surface area contributed by atoms with Crippen molar-refractivity contribution in [1.82, 2.24) is 0 Å². The Kier molecular flexibility index (Phi) is 2.46. The summed E-state index contributed by atoms with van der Waals surface area (Å²) >= 11 is 0. The lowest BCUT2D eigenvalue weighted by Crippen LogP contribution is -2.40. The van der Waals surface area contributed by atoms with Crippen LogP contribution in [0.1, 0.15) is 19.8 Å². The molecule has 0 saturated carbocycles. The van der Waals surface area contributed by atoms with Crippen LogP contribution >= 0.6 is 0 Å². The van der Waals surface area contributed by atoms with Crippen molar-refractivity contribution in [3.63, 3.8) is 0 Å². The van der Waals surface area contributed by atoms with Crippen LogP contribution in [0.2, 0.25) is 0 Å². The average Bonchev–Trinajstić information content (AvgIpc) is 1.85. The highest BCUT2D eigenvalue weighted by atomic mass is 16.7. The highest BCUT2D eigenvalue weighted by Gasteiger charge is 2.32. The van der Waals surface area contributed by atoms with Crippen LogP contribution in [0.3, 0.4) is 0 Å². The van der Waals surface area contributed by atoms with Gasteiger partial charge >= 0.3 is 5.97 Å². The Bertz CT molecular complexity index is 149. The number of ether oxygens (including phenoxy) is 2. The molecule has 0 unspecified atom stereocenters. The Labute approximate surface area is 65.1 Å². The average molecular weight is 160 g/mol. The van der Waals surface area contributed by atoms with Gasteiger partial charge in [0.15, 0.2) is 0 Å². The summed E-state index contributed by atoms with van der Waals surface area (Å²) in [5.41, 5.74) is 0. The molecule has 4 nitrogen and oxygen atoms in total. The number of aliphatic hydroxyl groups is 1. The van der Waals surface area contributed by atoms with Crippen molar-refractivity contribution in [3.05, 3.63) is 0 Å². The number of rotatable bonds is 1. The van der Waals surface area contributed by atoms with Crippen LogP contribution < -0.4 is 0 Å². The highest BCUT2D eigenvalue weighted by molar-refractivity contribution is 5.66. The molecule has 0 aliphatic carbocycles. The van der Waals surface area contributed by atoms with Gasteiger partial charge in [-0.15, -0.1) is 0 Å². The zero-order valence-electron chi connectivity index (χ0n) is 6.50. The molecule has 1 aliphatic heterocycles. The largest absolute Gasteiger partial charge is 0.433 e. The molecule has 0 spiro atoms. The van der Waals surface area contributed by atoms with Crippen molar-refractivity contribution >= 4 is 5.97 Å². The standard InChI is InChI=1S/C7H12O4/c1-6(8)11-7(9)2-4-10-5-3-7/h9H,2-5H2,1H3. The van der Waals surface area contributed by atoms with Crippen molar-refractivity contribution < 1.29 is 19.4 Å². The van der Waals surface area contributed by atoms with Crippen LogP contribution in [0.25, 0.3) is 0 Å². The summed E-state index contributed by atoms with van der Waals surface area (Å²) in [4.78, 5) is 10.5. The maximum atomic E-state index is 10.5. The van der Waals surface area contributed by atoms with Crippen molar-refractivity contribution in [2.75, 3.05) is 13.2 Å². The molecule has 0 amide bonds. The Morgan fingerprint density at radius 2 is 2.09 bits per heavy atom. The number of carbonyl (C=O) groups is 1. The predicted molar refractivity (Wildman–Crippen MR) is 36.8 cm³/mol. The van der Waals surface area contributed by atoms with Crippen molar-refractivity contribution in [1.29, 1.82) is 0 Å². The second-order valence-electron chi connectivity index (χ2n) is 2.65.